The molecular weight excluding hydrogens is 414 g/mol. The molecule has 0 spiro atoms. The van der Waals surface area contributed by atoms with Gasteiger partial charge < -0.3 is 9.42 Å². The normalized spacial score (nSPS) is 17.6. The summed E-state index contributed by atoms with van der Waals surface area (Å²) in [4.78, 5) is 8.77. The van der Waals surface area contributed by atoms with Crippen molar-refractivity contribution in [1.82, 2.24) is 0 Å². The van der Waals surface area contributed by atoms with Gasteiger partial charge in [-0.1, -0.05) is 0 Å². The van der Waals surface area contributed by atoms with Crippen LogP contribution in [0.25, 0.3) is 0 Å². The molecule has 0 fully saturated rings. The second-order valence-corrected chi connectivity index (χ2v) is 8.01. The molecular formula is C7H8F9O6PS. The van der Waals surface area contributed by atoms with Crippen molar-refractivity contribution >= 4 is 17.7 Å². The lowest BCUT2D eigenvalue weighted by atomic mass is 10.0. The first kappa shape index (κ1) is 23.4. The fourth-order valence-corrected chi connectivity index (χ4v) is 3.45. The Balaban J connectivity index is 5.14. The Labute approximate surface area is 127 Å². The van der Waals surface area contributed by atoms with Crippen molar-refractivity contribution in [2.24, 2.45) is 0 Å². The van der Waals surface area contributed by atoms with Gasteiger partial charge in [-0.05, 0) is 0 Å². The summed E-state index contributed by atoms with van der Waals surface area (Å²) in [5.74, 6) is -20.1. The van der Waals surface area contributed by atoms with Gasteiger partial charge in [-0.2, -0.15) is 47.9 Å². The van der Waals surface area contributed by atoms with E-state index >= 15 is 0 Å². The minimum atomic E-state index is -7.12. The highest BCUT2D eigenvalue weighted by Gasteiger charge is 2.81. The Bertz CT molecular complexity index is 600. The zero-order valence-corrected chi connectivity index (χ0v) is 12.6. The predicted molar refractivity (Wildman–Crippen MR) is 57.7 cm³/mol. The number of hydrogen-bond donors (Lipinski definition) is 2. The second-order valence-electron chi connectivity index (χ2n) is 4.28. The van der Waals surface area contributed by atoms with Gasteiger partial charge in [-0.25, -0.2) is 0 Å². The van der Waals surface area contributed by atoms with Crippen molar-refractivity contribution in [3.05, 3.63) is 0 Å². The molecule has 0 aromatic rings. The zero-order valence-electron chi connectivity index (χ0n) is 10.9. The van der Waals surface area contributed by atoms with E-state index in [1.165, 1.54) is 0 Å². The quantitative estimate of drug-likeness (QED) is 0.355. The molecule has 0 saturated heterocycles. The van der Waals surface area contributed by atoms with Gasteiger partial charge in [0.15, 0.2) is 5.49 Å². The molecule has 24 heavy (non-hydrogen) atoms. The smallest absolute Gasteiger partial charge is 0.324 e. The van der Waals surface area contributed by atoms with Crippen LogP contribution in [0.5, 0.6) is 0 Å². The van der Waals surface area contributed by atoms with Crippen LogP contribution in [0.2, 0.25) is 0 Å². The summed E-state index contributed by atoms with van der Waals surface area (Å²) in [5, 5.41) is 0. The molecule has 0 amide bonds. The molecule has 17 heteroatoms. The minimum Gasteiger partial charge on any atom is -0.324 e. The first-order chi connectivity index (χ1) is 10.2. The van der Waals surface area contributed by atoms with Crippen molar-refractivity contribution < 1.29 is 66.5 Å². The van der Waals surface area contributed by atoms with E-state index < -0.39 is 60.2 Å². The molecule has 0 heterocycles. The van der Waals surface area contributed by atoms with Crippen molar-refractivity contribution in [3.63, 3.8) is 0 Å². The maximum Gasteiger partial charge on any atom is 0.460 e. The monoisotopic (exact) mass is 422 g/mol. The third-order valence-corrected chi connectivity index (χ3v) is 5.44. The van der Waals surface area contributed by atoms with Crippen LogP contribution in [-0.4, -0.2) is 53.9 Å². The van der Waals surface area contributed by atoms with E-state index in [1.807, 2.05) is 0 Å². The molecule has 0 radical (unpaired) electrons. The number of halogens is 9. The highest BCUT2D eigenvalue weighted by molar-refractivity contribution is 7.92. The molecule has 146 valence electrons. The molecule has 0 aliphatic carbocycles. The van der Waals surface area contributed by atoms with E-state index in [0.717, 1.165) is 0 Å². The Morgan fingerprint density at radius 2 is 1.33 bits per heavy atom. The van der Waals surface area contributed by atoms with Gasteiger partial charge in [0.05, 0.1) is 6.61 Å². The van der Waals surface area contributed by atoms with Gasteiger partial charge in [0.25, 0.3) is 10.1 Å². The number of hydrogen-bond acceptors (Lipinski definition) is 4. The Morgan fingerprint density at radius 1 is 0.917 bits per heavy atom. The zero-order chi connectivity index (χ0) is 19.8. The summed E-state index contributed by atoms with van der Waals surface area (Å²) >= 11 is 0. The summed E-state index contributed by atoms with van der Waals surface area (Å²) in [6.45, 7) is -1.99. The second kappa shape index (κ2) is 6.63. The molecule has 0 aliphatic rings. The van der Waals surface area contributed by atoms with Gasteiger partial charge in [-0.3, -0.25) is 9.12 Å². The van der Waals surface area contributed by atoms with Crippen LogP contribution in [0, 0.1) is 0 Å². The molecule has 0 aromatic carbocycles. The predicted octanol–water partition coefficient (Wildman–Crippen LogP) is 2.89. The summed E-state index contributed by atoms with van der Waals surface area (Å²) in [7, 11) is -10.5. The van der Waals surface area contributed by atoms with Gasteiger partial charge in [-0.15, -0.1) is 0 Å². The van der Waals surface area contributed by atoms with Crippen molar-refractivity contribution in [1.29, 1.82) is 0 Å². The summed E-state index contributed by atoms with van der Waals surface area (Å²) in [6, 6.07) is 0. The lowest BCUT2D eigenvalue weighted by molar-refractivity contribution is -0.397. The highest BCUT2D eigenvalue weighted by Crippen LogP contribution is 2.54. The van der Waals surface area contributed by atoms with Crippen LogP contribution in [0.15, 0.2) is 0 Å². The fourth-order valence-electron chi connectivity index (χ4n) is 1.12. The fraction of sp³-hybridized carbons (Fsp3) is 1.00. The van der Waals surface area contributed by atoms with Crippen LogP contribution in [-0.2, 0) is 19.2 Å². The molecule has 0 aromatic heterocycles. The average molecular weight is 422 g/mol. The van der Waals surface area contributed by atoms with Crippen molar-refractivity contribution in [3.8, 4) is 0 Å². The summed E-state index contributed by atoms with van der Waals surface area (Å²) < 4.78 is 155. The Hall–Kier alpha value is -0.570. The molecule has 0 bridgehead atoms. The van der Waals surface area contributed by atoms with E-state index in [2.05, 4.69) is 4.52 Å². The van der Waals surface area contributed by atoms with Crippen molar-refractivity contribution in [2.75, 3.05) is 12.1 Å². The highest BCUT2D eigenvalue weighted by atomic mass is 32.2. The van der Waals surface area contributed by atoms with E-state index in [9.17, 15) is 52.5 Å². The molecule has 0 rings (SSSR count). The molecule has 0 saturated carbocycles. The summed E-state index contributed by atoms with van der Waals surface area (Å²) in [6.07, 6.45) is -9.60. The van der Waals surface area contributed by atoms with Crippen molar-refractivity contribution in [2.45, 2.75) is 30.4 Å². The van der Waals surface area contributed by atoms with Gasteiger partial charge >= 0.3 is 31.5 Å². The largest absolute Gasteiger partial charge is 0.460 e. The third-order valence-electron chi connectivity index (χ3n) is 2.25. The maximum atomic E-state index is 13.0. The van der Waals surface area contributed by atoms with E-state index in [-0.39, 0.29) is 0 Å². The molecule has 2 N–H and O–H groups in total. The molecule has 1 atom stereocenters. The SMILES string of the molecule is O=P(O)(CS(=O)(=O)O)OCCC(F)(F)C(F)(F)C(F)(F)C(F)(F)F. The minimum absolute atomic E-state index is 1.99. The lowest BCUT2D eigenvalue weighted by Crippen LogP contribution is -2.61. The Kier molecular flexibility index (Phi) is 6.47. The molecule has 6 nitrogen and oxygen atoms in total. The number of alkyl halides is 9. The van der Waals surface area contributed by atoms with Crippen LogP contribution in [0.1, 0.15) is 6.42 Å². The van der Waals surface area contributed by atoms with Gasteiger partial charge in [0, 0.05) is 6.42 Å². The van der Waals surface area contributed by atoms with E-state index in [4.69, 9.17) is 9.45 Å². The number of rotatable bonds is 8. The van der Waals surface area contributed by atoms with Crippen LogP contribution >= 0.6 is 7.60 Å². The van der Waals surface area contributed by atoms with Crippen LogP contribution in [0.3, 0.4) is 0 Å². The summed E-state index contributed by atoms with van der Waals surface area (Å²) in [5.41, 5.74) is -2.04. The topological polar surface area (TPSA) is 101 Å². The van der Waals surface area contributed by atoms with Gasteiger partial charge in [0.2, 0.25) is 0 Å². The average Bonchev–Trinajstić information content (AvgIpc) is 2.22. The van der Waals surface area contributed by atoms with Gasteiger partial charge in [0.1, 0.15) is 0 Å². The maximum absolute atomic E-state index is 13.0. The Morgan fingerprint density at radius 3 is 1.67 bits per heavy atom. The van der Waals surface area contributed by atoms with Crippen LogP contribution < -0.4 is 0 Å². The van der Waals surface area contributed by atoms with Crippen LogP contribution in [0.4, 0.5) is 39.5 Å². The first-order valence-electron chi connectivity index (χ1n) is 5.28. The first-order valence-corrected chi connectivity index (χ1v) is 8.65. The van der Waals surface area contributed by atoms with E-state index in [1.54, 1.807) is 0 Å². The third kappa shape index (κ3) is 5.47. The standard InChI is InChI=1S/C7H8F9O6PS/c8-4(9,5(10,11)6(12,13)7(14,15)16)1-2-22-23(17,18)3-24(19,20)21/h1-3H2,(H,17,18)(H,19,20,21). The molecule has 1 unspecified atom stereocenters. The van der Waals surface area contributed by atoms with E-state index in [0.29, 0.717) is 0 Å². The molecule has 0 aliphatic heterocycles. The lowest BCUT2D eigenvalue weighted by Gasteiger charge is -2.33.